The van der Waals surface area contributed by atoms with Crippen molar-refractivity contribution in [1.82, 2.24) is 9.88 Å². The Bertz CT molecular complexity index is 1420. The third-order valence-corrected chi connectivity index (χ3v) is 6.06. The highest BCUT2D eigenvalue weighted by Crippen LogP contribution is 2.41. The molecule has 36 heavy (non-hydrogen) atoms. The summed E-state index contributed by atoms with van der Waals surface area (Å²) in [6.07, 6.45) is -0.302. The highest BCUT2D eigenvalue weighted by Gasteiger charge is 2.35. The number of aromatic nitrogens is 1. The minimum Gasteiger partial charge on any atom is -0.482 e. The smallest absolute Gasteiger partial charge is 0.410 e. The van der Waals surface area contributed by atoms with Gasteiger partial charge in [0.05, 0.1) is 13.2 Å². The van der Waals surface area contributed by atoms with Gasteiger partial charge in [0.2, 0.25) is 0 Å². The third kappa shape index (κ3) is 4.70. The Balaban J connectivity index is 1.42. The van der Waals surface area contributed by atoms with E-state index >= 15 is 0 Å². The molecule has 0 spiro atoms. The molecule has 1 atom stereocenters. The number of hydrogen-bond donors (Lipinski definition) is 0. The zero-order valence-corrected chi connectivity index (χ0v) is 19.8. The van der Waals surface area contributed by atoms with Crippen molar-refractivity contribution in [2.45, 2.75) is 12.5 Å². The molecule has 1 aromatic heterocycles. The van der Waals surface area contributed by atoms with Crippen LogP contribution in [0.25, 0.3) is 11.1 Å². The molecule has 0 N–H and O–H groups in total. The van der Waals surface area contributed by atoms with Crippen LogP contribution >= 0.6 is 11.6 Å². The van der Waals surface area contributed by atoms with E-state index in [4.69, 9.17) is 30.2 Å². The van der Waals surface area contributed by atoms with Gasteiger partial charge in [-0.1, -0.05) is 29.8 Å². The largest absolute Gasteiger partial charge is 0.482 e. The number of oxazole rings is 1. The van der Waals surface area contributed by atoms with Crippen LogP contribution in [0, 0.1) is 5.82 Å². The fraction of sp³-hybridized carbons (Fsp3) is 0.192. The Kier molecular flexibility index (Phi) is 6.47. The van der Waals surface area contributed by atoms with Gasteiger partial charge in [0.1, 0.15) is 17.1 Å². The summed E-state index contributed by atoms with van der Waals surface area (Å²) in [4.78, 5) is 30.7. The van der Waals surface area contributed by atoms with E-state index < -0.39 is 24.7 Å². The minimum absolute atomic E-state index is 0.193. The van der Waals surface area contributed by atoms with Crippen LogP contribution in [0.2, 0.25) is 5.02 Å². The van der Waals surface area contributed by atoms with Crippen LogP contribution in [0.4, 0.5) is 9.18 Å². The molecule has 0 fully saturated rings. The monoisotopic (exact) mass is 510 g/mol. The summed E-state index contributed by atoms with van der Waals surface area (Å²) in [6.45, 7) is -0.173. The molecule has 0 saturated carbocycles. The maximum absolute atomic E-state index is 13.9. The van der Waals surface area contributed by atoms with Crippen molar-refractivity contribution in [1.29, 1.82) is 0 Å². The summed E-state index contributed by atoms with van der Waals surface area (Å²) < 4.78 is 35.3. The summed E-state index contributed by atoms with van der Waals surface area (Å²) in [5, 5.41) is 0.394. The number of methoxy groups -OCH3 is 1. The van der Waals surface area contributed by atoms with E-state index in [1.54, 1.807) is 48.5 Å². The lowest BCUT2D eigenvalue weighted by Crippen LogP contribution is -2.40. The van der Waals surface area contributed by atoms with Gasteiger partial charge in [-0.05, 0) is 60.0 Å². The van der Waals surface area contributed by atoms with E-state index in [0.717, 1.165) is 5.56 Å². The molecule has 5 rings (SSSR count). The van der Waals surface area contributed by atoms with Crippen molar-refractivity contribution in [2.75, 3.05) is 20.3 Å². The number of esters is 1. The molecule has 2 heterocycles. The Morgan fingerprint density at radius 3 is 2.78 bits per heavy atom. The normalized spacial score (nSPS) is 14.9. The lowest BCUT2D eigenvalue weighted by molar-refractivity contribution is -0.138. The number of carbonyl (C=O) groups is 2. The van der Waals surface area contributed by atoms with Gasteiger partial charge in [0.15, 0.2) is 12.2 Å². The Hall–Kier alpha value is -4.11. The van der Waals surface area contributed by atoms with Gasteiger partial charge in [-0.25, -0.2) is 14.0 Å². The van der Waals surface area contributed by atoms with Crippen LogP contribution in [0.15, 0.2) is 65.1 Å². The molecule has 0 unspecified atom stereocenters. The van der Waals surface area contributed by atoms with Gasteiger partial charge >= 0.3 is 18.1 Å². The van der Waals surface area contributed by atoms with Crippen molar-refractivity contribution >= 4 is 34.8 Å². The SMILES string of the molecule is COC(=O)N1CCc2cc(F)ccc2[C@H]1c1cc(Cl)ccc1OCC(=O)Oc1nc2ccccc2o1. The van der Waals surface area contributed by atoms with Crippen LogP contribution in [0.1, 0.15) is 22.7 Å². The fourth-order valence-electron chi connectivity index (χ4n) is 4.27. The van der Waals surface area contributed by atoms with E-state index in [9.17, 15) is 14.0 Å². The van der Waals surface area contributed by atoms with Crippen molar-refractivity contribution in [3.63, 3.8) is 0 Å². The molecule has 0 saturated heterocycles. The molecular weight excluding hydrogens is 491 g/mol. The highest BCUT2D eigenvalue weighted by atomic mass is 35.5. The number of hydrogen-bond acceptors (Lipinski definition) is 7. The van der Waals surface area contributed by atoms with Crippen LogP contribution < -0.4 is 9.47 Å². The van der Waals surface area contributed by atoms with Gasteiger partial charge in [-0.3, -0.25) is 4.90 Å². The molecule has 0 radical (unpaired) electrons. The van der Waals surface area contributed by atoms with Crippen LogP contribution in [0.5, 0.6) is 11.8 Å². The average Bonchev–Trinajstić information content (AvgIpc) is 3.28. The van der Waals surface area contributed by atoms with Crippen molar-refractivity contribution < 1.29 is 32.6 Å². The first-order valence-electron chi connectivity index (χ1n) is 11.0. The first kappa shape index (κ1) is 23.6. The lowest BCUT2D eigenvalue weighted by atomic mass is 9.88. The van der Waals surface area contributed by atoms with Gasteiger partial charge in [0, 0.05) is 17.1 Å². The predicted molar refractivity (Wildman–Crippen MR) is 128 cm³/mol. The topological polar surface area (TPSA) is 91.1 Å². The molecule has 1 amide bonds. The molecule has 3 aromatic carbocycles. The lowest BCUT2D eigenvalue weighted by Gasteiger charge is -2.37. The molecule has 1 aliphatic rings. The van der Waals surface area contributed by atoms with Gasteiger partial charge in [-0.15, -0.1) is 0 Å². The van der Waals surface area contributed by atoms with Gasteiger partial charge in [0.25, 0.3) is 0 Å². The summed E-state index contributed by atoms with van der Waals surface area (Å²) >= 11 is 6.30. The fourth-order valence-corrected chi connectivity index (χ4v) is 4.45. The zero-order chi connectivity index (χ0) is 25.2. The van der Waals surface area contributed by atoms with E-state index in [0.29, 0.717) is 46.0 Å². The number of ether oxygens (including phenoxy) is 3. The number of fused-ring (bicyclic) bond motifs is 2. The Labute approximate surface area is 210 Å². The first-order chi connectivity index (χ1) is 17.4. The predicted octanol–water partition coefficient (Wildman–Crippen LogP) is 5.32. The molecule has 184 valence electrons. The van der Waals surface area contributed by atoms with Crippen molar-refractivity contribution in [2.24, 2.45) is 0 Å². The second-order valence-electron chi connectivity index (χ2n) is 8.05. The minimum atomic E-state index is -0.738. The zero-order valence-electron chi connectivity index (χ0n) is 19.1. The maximum Gasteiger partial charge on any atom is 0.410 e. The summed E-state index contributed by atoms with van der Waals surface area (Å²) in [5.74, 6) is -0.813. The molecule has 10 heteroatoms. The number of benzene rings is 3. The van der Waals surface area contributed by atoms with Crippen LogP contribution in [-0.4, -0.2) is 42.2 Å². The number of nitrogens with zero attached hydrogens (tertiary/aromatic N) is 2. The van der Waals surface area contributed by atoms with E-state index in [-0.39, 0.29) is 11.9 Å². The molecule has 0 bridgehead atoms. The second-order valence-corrected chi connectivity index (χ2v) is 8.49. The molecule has 8 nitrogen and oxygen atoms in total. The number of para-hydroxylation sites is 2. The number of rotatable bonds is 5. The van der Waals surface area contributed by atoms with Crippen LogP contribution in [0.3, 0.4) is 0 Å². The quantitative estimate of drug-likeness (QED) is 0.336. The Morgan fingerprint density at radius 1 is 1.14 bits per heavy atom. The molecule has 4 aromatic rings. The number of amides is 1. The standard InChI is InChI=1S/C26H20ClFN2O6/c1-33-26(32)30-11-10-15-12-17(28)7-8-18(15)24(30)19-13-16(27)6-9-21(19)34-14-23(31)36-25-29-20-4-2-3-5-22(20)35-25/h2-9,12-13,24H,10-11,14H2,1H3/t24-/m0/s1. The summed E-state index contributed by atoms with van der Waals surface area (Å²) in [7, 11) is 1.29. The van der Waals surface area contributed by atoms with Gasteiger partial charge in [-0.2, -0.15) is 4.98 Å². The van der Waals surface area contributed by atoms with E-state index in [1.165, 1.54) is 24.1 Å². The summed E-state index contributed by atoms with van der Waals surface area (Å²) in [5.41, 5.74) is 3.00. The first-order valence-corrected chi connectivity index (χ1v) is 11.4. The number of halogens is 2. The highest BCUT2D eigenvalue weighted by molar-refractivity contribution is 6.30. The summed E-state index contributed by atoms with van der Waals surface area (Å²) in [6, 6.07) is 15.6. The van der Waals surface area contributed by atoms with Crippen molar-refractivity contribution in [3.8, 4) is 11.8 Å². The number of carbonyl (C=O) groups excluding carboxylic acids is 2. The maximum atomic E-state index is 13.9. The van der Waals surface area contributed by atoms with E-state index in [2.05, 4.69) is 4.98 Å². The molecule has 0 aliphatic carbocycles. The van der Waals surface area contributed by atoms with Gasteiger partial charge < -0.3 is 18.6 Å². The van der Waals surface area contributed by atoms with Crippen LogP contribution in [-0.2, 0) is 16.0 Å². The third-order valence-electron chi connectivity index (χ3n) is 5.83. The van der Waals surface area contributed by atoms with E-state index in [1.807, 2.05) is 0 Å². The average molecular weight is 511 g/mol. The molecule has 1 aliphatic heterocycles. The molecular formula is C26H20ClFN2O6. The Morgan fingerprint density at radius 2 is 1.97 bits per heavy atom. The van der Waals surface area contributed by atoms with Crippen molar-refractivity contribution in [3.05, 3.63) is 88.2 Å². The second kappa shape index (κ2) is 9.87.